The number of carbonyl (C=O) groups excluding carboxylic acids is 2. The summed E-state index contributed by atoms with van der Waals surface area (Å²) in [5.74, 6) is 4.70. The fraction of sp³-hybridized carbons (Fsp3) is 0.375. The molecule has 1 saturated heterocycles. The van der Waals surface area contributed by atoms with E-state index in [0.717, 1.165) is 5.56 Å². The molecule has 4 N–H and O–H groups in total. The Balaban J connectivity index is 2.13. The van der Waals surface area contributed by atoms with Crippen molar-refractivity contribution in [2.45, 2.75) is 19.9 Å². The first kappa shape index (κ1) is 16.0. The molecule has 1 aliphatic rings. The van der Waals surface area contributed by atoms with E-state index in [1.165, 1.54) is 0 Å². The van der Waals surface area contributed by atoms with Gasteiger partial charge in [-0.3, -0.25) is 14.8 Å². The van der Waals surface area contributed by atoms with E-state index in [-0.39, 0.29) is 5.91 Å². The Hall–Kier alpha value is -2.36. The van der Waals surface area contributed by atoms with E-state index >= 15 is 0 Å². The summed E-state index contributed by atoms with van der Waals surface area (Å²) in [4.78, 5) is 24.1. The van der Waals surface area contributed by atoms with Crippen LogP contribution in [0.3, 0.4) is 0 Å². The molecule has 0 spiro atoms. The van der Waals surface area contributed by atoms with Gasteiger partial charge in [0.2, 0.25) is 0 Å². The molecule has 0 saturated carbocycles. The molecule has 1 heterocycles. The van der Waals surface area contributed by atoms with Crippen LogP contribution in [0.15, 0.2) is 24.3 Å². The van der Waals surface area contributed by atoms with Crippen LogP contribution in [-0.4, -0.2) is 36.2 Å². The number of hydrogen-bond donors (Lipinski definition) is 4. The lowest BCUT2D eigenvalue weighted by Crippen LogP contribution is -2.66. The van der Waals surface area contributed by atoms with Crippen molar-refractivity contribution in [2.24, 2.45) is 5.41 Å². The minimum absolute atomic E-state index is 0.363. The van der Waals surface area contributed by atoms with E-state index in [9.17, 15) is 9.59 Å². The number of hydrogen-bond acceptors (Lipinski definition) is 4. The summed E-state index contributed by atoms with van der Waals surface area (Å²) in [6, 6.07) is 6.01. The molecular formula is C16H19N3O3. The molecule has 0 aliphatic carbocycles. The fourth-order valence-corrected chi connectivity index (χ4v) is 2.41. The summed E-state index contributed by atoms with van der Waals surface area (Å²) in [6.07, 6.45) is 0. The van der Waals surface area contributed by atoms with E-state index in [1.807, 2.05) is 6.92 Å². The van der Waals surface area contributed by atoms with Crippen LogP contribution in [-0.2, 0) is 4.79 Å². The molecule has 6 nitrogen and oxygen atoms in total. The van der Waals surface area contributed by atoms with E-state index in [4.69, 9.17) is 5.21 Å². The third-order valence-electron chi connectivity index (χ3n) is 3.82. The van der Waals surface area contributed by atoms with Crippen LogP contribution in [0.4, 0.5) is 0 Å². The maximum absolute atomic E-state index is 12.3. The van der Waals surface area contributed by atoms with Crippen LogP contribution >= 0.6 is 0 Å². The molecule has 22 heavy (non-hydrogen) atoms. The van der Waals surface area contributed by atoms with E-state index in [2.05, 4.69) is 22.5 Å². The zero-order chi connectivity index (χ0) is 16.2. The SMILES string of the molecule is CC#Cc1ccc(C(=O)N[C@H](C(=O)NO)C2(C)CNC2)cc1. The van der Waals surface area contributed by atoms with E-state index in [1.54, 1.807) is 36.7 Å². The van der Waals surface area contributed by atoms with Crippen molar-refractivity contribution in [3.8, 4) is 11.8 Å². The second-order valence-electron chi connectivity index (χ2n) is 5.59. The van der Waals surface area contributed by atoms with E-state index < -0.39 is 17.4 Å². The number of carbonyl (C=O) groups is 2. The Morgan fingerprint density at radius 3 is 2.41 bits per heavy atom. The second-order valence-corrected chi connectivity index (χ2v) is 5.59. The molecule has 1 atom stereocenters. The van der Waals surface area contributed by atoms with Crippen molar-refractivity contribution in [1.29, 1.82) is 0 Å². The normalized spacial score (nSPS) is 16.5. The summed E-state index contributed by atoms with van der Waals surface area (Å²) >= 11 is 0. The van der Waals surface area contributed by atoms with Gasteiger partial charge in [-0.25, -0.2) is 5.48 Å². The predicted octanol–water partition coefficient (Wildman–Crippen LogP) is 0.271. The van der Waals surface area contributed by atoms with Crippen molar-refractivity contribution in [1.82, 2.24) is 16.1 Å². The first-order valence-corrected chi connectivity index (χ1v) is 6.98. The molecular weight excluding hydrogens is 282 g/mol. The largest absolute Gasteiger partial charge is 0.340 e. The van der Waals surface area contributed by atoms with Gasteiger partial charge < -0.3 is 10.6 Å². The Kier molecular flexibility index (Phi) is 4.81. The summed E-state index contributed by atoms with van der Waals surface area (Å²) in [5, 5.41) is 14.6. The number of amides is 2. The third kappa shape index (κ3) is 3.27. The lowest BCUT2D eigenvalue weighted by Gasteiger charge is -2.44. The van der Waals surface area contributed by atoms with Gasteiger partial charge in [0.1, 0.15) is 6.04 Å². The topological polar surface area (TPSA) is 90.5 Å². The van der Waals surface area contributed by atoms with Crippen LogP contribution in [0, 0.1) is 17.3 Å². The van der Waals surface area contributed by atoms with Gasteiger partial charge in [-0.05, 0) is 31.2 Å². The number of benzene rings is 1. The molecule has 0 aromatic heterocycles. The zero-order valence-corrected chi connectivity index (χ0v) is 12.6. The average molecular weight is 301 g/mol. The number of nitrogens with one attached hydrogen (secondary N) is 3. The molecule has 0 unspecified atom stereocenters. The Morgan fingerprint density at radius 2 is 1.95 bits per heavy atom. The third-order valence-corrected chi connectivity index (χ3v) is 3.82. The fourth-order valence-electron chi connectivity index (χ4n) is 2.41. The highest BCUT2D eigenvalue weighted by Gasteiger charge is 2.44. The quantitative estimate of drug-likeness (QED) is 0.365. The van der Waals surface area contributed by atoms with Crippen LogP contribution in [0.2, 0.25) is 0 Å². The summed E-state index contributed by atoms with van der Waals surface area (Å²) in [7, 11) is 0. The Bertz CT molecular complexity index is 624. The second kappa shape index (κ2) is 6.60. The number of rotatable bonds is 4. The lowest BCUT2D eigenvalue weighted by atomic mass is 9.76. The highest BCUT2D eigenvalue weighted by atomic mass is 16.5. The van der Waals surface area contributed by atoms with Crippen molar-refractivity contribution in [3.05, 3.63) is 35.4 Å². The maximum Gasteiger partial charge on any atom is 0.266 e. The summed E-state index contributed by atoms with van der Waals surface area (Å²) in [6.45, 7) is 4.81. The molecule has 1 fully saturated rings. The van der Waals surface area contributed by atoms with Gasteiger partial charge in [0, 0.05) is 29.6 Å². The van der Waals surface area contributed by atoms with Crippen LogP contribution in [0.25, 0.3) is 0 Å². The molecule has 116 valence electrons. The number of hydroxylamine groups is 1. The van der Waals surface area contributed by atoms with E-state index in [0.29, 0.717) is 18.7 Å². The summed E-state index contributed by atoms with van der Waals surface area (Å²) < 4.78 is 0. The van der Waals surface area contributed by atoms with Crippen LogP contribution in [0.1, 0.15) is 29.8 Å². The monoisotopic (exact) mass is 301 g/mol. The van der Waals surface area contributed by atoms with Gasteiger partial charge in [-0.2, -0.15) is 0 Å². The maximum atomic E-state index is 12.3. The molecule has 1 aliphatic heterocycles. The zero-order valence-electron chi connectivity index (χ0n) is 12.6. The van der Waals surface area contributed by atoms with Gasteiger partial charge in [-0.1, -0.05) is 12.8 Å². The highest BCUT2D eigenvalue weighted by Crippen LogP contribution is 2.26. The first-order valence-electron chi connectivity index (χ1n) is 6.98. The smallest absolute Gasteiger partial charge is 0.266 e. The standard InChI is InChI=1S/C16H19N3O3/c1-3-4-11-5-7-12(8-6-11)14(20)18-13(15(21)19-22)16(2)9-17-10-16/h5-8,13,17,22H,9-10H2,1-2H3,(H,18,20)(H,19,21)/t13-/m1/s1. The predicted molar refractivity (Wildman–Crippen MR) is 81.2 cm³/mol. The average Bonchev–Trinajstić information content (AvgIpc) is 2.50. The van der Waals surface area contributed by atoms with Crippen molar-refractivity contribution in [3.63, 3.8) is 0 Å². The highest BCUT2D eigenvalue weighted by molar-refractivity contribution is 5.97. The molecule has 6 heteroatoms. The van der Waals surface area contributed by atoms with Gasteiger partial charge in [0.25, 0.3) is 11.8 Å². The Morgan fingerprint density at radius 1 is 1.32 bits per heavy atom. The molecule has 0 bridgehead atoms. The van der Waals surface area contributed by atoms with Gasteiger partial charge >= 0.3 is 0 Å². The molecule has 2 rings (SSSR count). The van der Waals surface area contributed by atoms with Crippen molar-refractivity contribution >= 4 is 11.8 Å². The van der Waals surface area contributed by atoms with Crippen molar-refractivity contribution in [2.75, 3.05) is 13.1 Å². The first-order chi connectivity index (χ1) is 10.5. The molecule has 1 aromatic rings. The van der Waals surface area contributed by atoms with Gasteiger partial charge in [0.05, 0.1) is 0 Å². The van der Waals surface area contributed by atoms with Crippen molar-refractivity contribution < 1.29 is 14.8 Å². The van der Waals surface area contributed by atoms with Crippen LogP contribution < -0.4 is 16.1 Å². The Labute approximate surface area is 129 Å². The minimum atomic E-state index is -0.804. The molecule has 1 aromatic carbocycles. The minimum Gasteiger partial charge on any atom is -0.340 e. The van der Waals surface area contributed by atoms with Gasteiger partial charge in [-0.15, -0.1) is 5.92 Å². The summed E-state index contributed by atoms with van der Waals surface area (Å²) in [5.41, 5.74) is 2.46. The van der Waals surface area contributed by atoms with Gasteiger partial charge in [0.15, 0.2) is 0 Å². The molecule has 2 amide bonds. The van der Waals surface area contributed by atoms with Crippen LogP contribution in [0.5, 0.6) is 0 Å². The molecule has 0 radical (unpaired) electrons. The lowest BCUT2D eigenvalue weighted by molar-refractivity contribution is -0.135.